The number of aliphatic imine (C=N–C) groups is 1. The number of nitrogens with zero attached hydrogens (tertiary/aromatic N) is 1. The molecular formula is C16H17BrN2O3S. The summed E-state index contributed by atoms with van der Waals surface area (Å²) in [6, 6.07) is 3.57. The average Bonchev–Trinajstić information content (AvgIpc) is 3.13. The average molecular weight is 397 g/mol. The van der Waals surface area contributed by atoms with E-state index in [4.69, 9.17) is 4.74 Å². The number of ether oxygens (including phenoxy) is 1. The van der Waals surface area contributed by atoms with Crippen molar-refractivity contribution in [3.05, 3.63) is 27.1 Å². The number of nitrogens with one attached hydrogen (secondary N) is 1. The Balaban J connectivity index is 1.84. The zero-order valence-electron chi connectivity index (χ0n) is 12.6. The van der Waals surface area contributed by atoms with Gasteiger partial charge in [-0.25, -0.2) is 0 Å². The Hall–Kier alpha value is -1.47. The number of benzene rings is 1. The maximum Gasteiger partial charge on any atom is 0.264 e. The number of carbonyl (C=O) groups excluding carboxylic acids is 1. The van der Waals surface area contributed by atoms with E-state index in [0.717, 1.165) is 18.4 Å². The van der Waals surface area contributed by atoms with Gasteiger partial charge in [0.1, 0.15) is 0 Å². The fourth-order valence-electron chi connectivity index (χ4n) is 2.66. The minimum atomic E-state index is -0.148. The van der Waals surface area contributed by atoms with Gasteiger partial charge in [-0.2, -0.15) is 0 Å². The van der Waals surface area contributed by atoms with Gasteiger partial charge in [-0.3, -0.25) is 9.79 Å². The smallest absolute Gasteiger partial charge is 0.264 e. The van der Waals surface area contributed by atoms with Gasteiger partial charge >= 0.3 is 0 Å². The summed E-state index contributed by atoms with van der Waals surface area (Å²) in [6.07, 6.45) is 6.38. The third-order valence-corrected chi connectivity index (χ3v) is 5.47. The molecule has 1 heterocycles. The lowest BCUT2D eigenvalue weighted by Gasteiger charge is -2.06. The molecule has 0 unspecified atom stereocenters. The summed E-state index contributed by atoms with van der Waals surface area (Å²) >= 11 is 4.75. The number of halogens is 1. The molecule has 1 aromatic rings. The van der Waals surface area contributed by atoms with Gasteiger partial charge in [-0.05, 0) is 48.4 Å². The Kier molecular flexibility index (Phi) is 4.96. The third kappa shape index (κ3) is 3.72. The van der Waals surface area contributed by atoms with Crippen LogP contribution in [0.4, 0.5) is 0 Å². The van der Waals surface area contributed by atoms with Crippen molar-refractivity contribution in [2.75, 3.05) is 7.11 Å². The van der Waals surface area contributed by atoms with Crippen LogP contribution in [0.5, 0.6) is 11.5 Å². The van der Waals surface area contributed by atoms with Gasteiger partial charge in [-0.15, -0.1) is 0 Å². The van der Waals surface area contributed by atoms with Crippen LogP contribution in [0.15, 0.2) is 26.5 Å². The predicted octanol–water partition coefficient (Wildman–Crippen LogP) is 3.67. The molecule has 23 heavy (non-hydrogen) atoms. The molecule has 5 nitrogen and oxygen atoms in total. The van der Waals surface area contributed by atoms with E-state index in [9.17, 15) is 9.90 Å². The molecule has 2 fully saturated rings. The monoisotopic (exact) mass is 396 g/mol. The highest BCUT2D eigenvalue weighted by atomic mass is 79.9. The second kappa shape index (κ2) is 6.97. The first-order valence-corrected chi connectivity index (χ1v) is 9.03. The number of amidine groups is 1. The number of hydrogen-bond acceptors (Lipinski definition) is 5. The quantitative estimate of drug-likeness (QED) is 0.764. The van der Waals surface area contributed by atoms with E-state index in [1.807, 2.05) is 0 Å². The molecule has 1 aliphatic heterocycles. The molecule has 0 radical (unpaired) electrons. The maximum absolute atomic E-state index is 12.1. The van der Waals surface area contributed by atoms with Crippen molar-refractivity contribution in [1.29, 1.82) is 0 Å². The van der Waals surface area contributed by atoms with Crippen molar-refractivity contribution < 1.29 is 14.6 Å². The fourth-order valence-corrected chi connectivity index (χ4v) is 3.99. The number of phenolic OH excluding ortho intramolecular Hbond substituents is 1. The van der Waals surface area contributed by atoms with Gasteiger partial charge in [0.05, 0.1) is 18.1 Å². The number of methoxy groups -OCH3 is 1. The second-order valence-corrected chi connectivity index (χ2v) is 7.37. The Morgan fingerprint density at radius 2 is 2.17 bits per heavy atom. The van der Waals surface area contributed by atoms with Crippen molar-refractivity contribution in [3.8, 4) is 11.5 Å². The second-order valence-electron chi connectivity index (χ2n) is 5.48. The molecule has 3 rings (SSSR count). The molecule has 1 aromatic carbocycles. The normalized spacial score (nSPS) is 22.1. The van der Waals surface area contributed by atoms with E-state index in [2.05, 4.69) is 26.2 Å². The number of thioether (sulfide) groups is 1. The number of carbonyl (C=O) groups is 1. The fraction of sp³-hybridized carbons (Fsp3) is 0.375. The standard InChI is InChI=1S/C16H17BrN2O3S/c1-22-13-6-9(11(17)8-12(13)20)7-14-15(21)19-16(23-14)18-10-4-2-3-5-10/h6-8,10,20H,2-5H2,1H3,(H,18,19,21)/b14-7-. The van der Waals surface area contributed by atoms with Gasteiger partial charge in [0, 0.05) is 4.47 Å². The molecule has 0 bridgehead atoms. The molecule has 1 saturated carbocycles. The molecule has 0 aromatic heterocycles. The summed E-state index contributed by atoms with van der Waals surface area (Å²) < 4.78 is 5.80. The summed E-state index contributed by atoms with van der Waals surface area (Å²) in [5, 5.41) is 13.2. The van der Waals surface area contributed by atoms with Gasteiger partial charge in [-0.1, -0.05) is 28.8 Å². The number of aromatic hydroxyl groups is 1. The Bertz CT molecular complexity index is 697. The van der Waals surface area contributed by atoms with Crippen LogP contribution in [0.25, 0.3) is 6.08 Å². The van der Waals surface area contributed by atoms with Gasteiger partial charge in [0.25, 0.3) is 5.91 Å². The zero-order valence-corrected chi connectivity index (χ0v) is 15.0. The van der Waals surface area contributed by atoms with E-state index in [0.29, 0.717) is 26.3 Å². The van der Waals surface area contributed by atoms with Gasteiger partial charge in [0.15, 0.2) is 16.7 Å². The van der Waals surface area contributed by atoms with E-state index in [1.54, 1.807) is 18.2 Å². The van der Waals surface area contributed by atoms with Gasteiger partial charge < -0.3 is 15.2 Å². The molecule has 0 atom stereocenters. The lowest BCUT2D eigenvalue weighted by atomic mass is 10.2. The third-order valence-electron chi connectivity index (χ3n) is 3.86. The van der Waals surface area contributed by atoms with Crippen LogP contribution >= 0.6 is 27.7 Å². The summed E-state index contributed by atoms with van der Waals surface area (Å²) in [6.45, 7) is 0. The molecule has 7 heteroatoms. The van der Waals surface area contributed by atoms with E-state index in [1.165, 1.54) is 31.7 Å². The number of amides is 1. The lowest BCUT2D eigenvalue weighted by molar-refractivity contribution is -0.115. The minimum Gasteiger partial charge on any atom is -0.504 e. The molecule has 1 amide bonds. The van der Waals surface area contributed by atoms with Crippen LogP contribution < -0.4 is 10.1 Å². The predicted molar refractivity (Wildman–Crippen MR) is 95.8 cm³/mol. The lowest BCUT2D eigenvalue weighted by Crippen LogP contribution is -2.21. The van der Waals surface area contributed by atoms with E-state index < -0.39 is 0 Å². The largest absolute Gasteiger partial charge is 0.504 e. The molecular weight excluding hydrogens is 380 g/mol. The summed E-state index contributed by atoms with van der Waals surface area (Å²) in [7, 11) is 1.49. The Labute approximate surface area is 147 Å². The van der Waals surface area contributed by atoms with Crippen LogP contribution in [0.2, 0.25) is 0 Å². The molecule has 1 aliphatic carbocycles. The van der Waals surface area contributed by atoms with Gasteiger partial charge in [0.2, 0.25) is 0 Å². The topological polar surface area (TPSA) is 70.9 Å². The van der Waals surface area contributed by atoms with Crippen molar-refractivity contribution in [2.24, 2.45) is 4.99 Å². The van der Waals surface area contributed by atoms with Crippen LogP contribution in [-0.4, -0.2) is 29.3 Å². The zero-order chi connectivity index (χ0) is 16.4. The van der Waals surface area contributed by atoms with Crippen molar-refractivity contribution in [2.45, 2.75) is 31.7 Å². The molecule has 2 aliphatic rings. The number of hydrogen-bond donors (Lipinski definition) is 2. The van der Waals surface area contributed by atoms with Crippen molar-refractivity contribution in [3.63, 3.8) is 0 Å². The molecule has 1 saturated heterocycles. The Morgan fingerprint density at radius 1 is 1.43 bits per heavy atom. The van der Waals surface area contributed by atoms with Crippen molar-refractivity contribution in [1.82, 2.24) is 5.32 Å². The van der Waals surface area contributed by atoms with E-state index >= 15 is 0 Å². The van der Waals surface area contributed by atoms with Crippen LogP contribution in [0.3, 0.4) is 0 Å². The Morgan fingerprint density at radius 3 is 2.87 bits per heavy atom. The first kappa shape index (κ1) is 16.4. The molecule has 2 N–H and O–H groups in total. The first-order chi connectivity index (χ1) is 11.1. The van der Waals surface area contributed by atoms with Crippen LogP contribution in [0.1, 0.15) is 31.2 Å². The maximum atomic E-state index is 12.1. The first-order valence-electron chi connectivity index (χ1n) is 7.42. The molecule has 0 spiro atoms. The highest BCUT2D eigenvalue weighted by Gasteiger charge is 2.26. The number of rotatable bonds is 3. The minimum absolute atomic E-state index is 0.0496. The SMILES string of the molecule is COc1cc(/C=C2\SC(=NC3CCCC3)NC2=O)c(Br)cc1O. The summed E-state index contributed by atoms with van der Waals surface area (Å²) in [5.41, 5.74) is 0.763. The van der Waals surface area contributed by atoms with Crippen LogP contribution in [0, 0.1) is 0 Å². The molecule has 122 valence electrons. The van der Waals surface area contributed by atoms with Crippen molar-refractivity contribution >= 4 is 44.8 Å². The number of phenols is 1. The van der Waals surface area contributed by atoms with E-state index in [-0.39, 0.29) is 11.7 Å². The summed E-state index contributed by atoms with van der Waals surface area (Å²) in [5.74, 6) is 0.266. The highest BCUT2D eigenvalue weighted by molar-refractivity contribution is 9.10. The highest BCUT2D eigenvalue weighted by Crippen LogP contribution is 2.35. The summed E-state index contributed by atoms with van der Waals surface area (Å²) in [4.78, 5) is 17.3. The van der Waals surface area contributed by atoms with Crippen LogP contribution in [-0.2, 0) is 4.79 Å².